The van der Waals surface area contributed by atoms with Gasteiger partial charge in [-0.15, -0.1) is 0 Å². The minimum Gasteiger partial charge on any atom is -0.321 e. The summed E-state index contributed by atoms with van der Waals surface area (Å²) in [5.74, 6) is 0.299. The quantitative estimate of drug-likeness (QED) is 0.678. The first-order chi connectivity index (χ1) is 6.74. The van der Waals surface area contributed by atoms with Crippen molar-refractivity contribution in [1.82, 2.24) is 9.55 Å². The highest BCUT2D eigenvalue weighted by Crippen LogP contribution is 2.18. The van der Waals surface area contributed by atoms with Crippen LogP contribution in [0, 0.1) is 12.7 Å². The maximum Gasteiger partial charge on any atom is 0.151 e. The number of para-hydroxylation sites is 1. The molecule has 14 heavy (non-hydrogen) atoms. The number of benzene rings is 1. The first-order valence-corrected chi connectivity index (χ1v) is 4.29. The Labute approximate surface area is 80.2 Å². The van der Waals surface area contributed by atoms with E-state index in [1.165, 1.54) is 6.07 Å². The number of nitrogens with zero attached hydrogens (tertiary/aromatic N) is 2. The lowest BCUT2D eigenvalue weighted by molar-refractivity contribution is -0.108. The fourth-order valence-electron chi connectivity index (χ4n) is 1.53. The molecule has 0 saturated heterocycles. The fourth-order valence-corrected chi connectivity index (χ4v) is 1.53. The lowest BCUT2D eigenvalue weighted by Gasteiger charge is -1.99. The van der Waals surface area contributed by atoms with Crippen LogP contribution in [-0.2, 0) is 11.3 Å². The maximum absolute atomic E-state index is 13.3. The van der Waals surface area contributed by atoms with E-state index < -0.39 is 0 Å². The van der Waals surface area contributed by atoms with Gasteiger partial charge >= 0.3 is 0 Å². The molecule has 0 N–H and O–H groups in total. The number of rotatable bonds is 2. The number of aryl methyl sites for hydroxylation is 1. The van der Waals surface area contributed by atoms with Crippen molar-refractivity contribution in [2.75, 3.05) is 0 Å². The summed E-state index contributed by atoms with van der Waals surface area (Å²) in [5.41, 5.74) is 0.987. The lowest BCUT2D eigenvalue weighted by Crippen LogP contribution is -2.00. The molecule has 2 aromatic rings. The van der Waals surface area contributed by atoms with Gasteiger partial charge in [0.15, 0.2) is 5.82 Å². The molecular weight excluding hydrogens is 183 g/mol. The molecule has 0 aliphatic rings. The first-order valence-electron chi connectivity index (χ1n) is 4.29. The van der Waals surface area contributed by atoms with Crippen LogP contribution in [0.1, 0.15) is 5.82 Å². The second kappa shape index (κ2) is 3.21. The highest BCUT2D eigenvalue weighted by molar-refractivity contribution is 5.77. The second-order valence-corrected chi connectivity index (χ2v) is 3.04. The predicted octanol–water partition coefficient (Wildman–Crippen LogP) is 1.68. The Morgan fingerprint density at radius 1 is 1.57 bits per heavy atom. The molecule has 0 saturated carbocycles. The largest absolute Gasteiger partial charge is 0.321 e. The standard InChI is InChI=1S/C10H9FN2O/c1-7-12-10-8(11)3-2-4-9(10)13(7)5-6-14/h2-4,6H,5H2,1H3. The van der Waals surface area contributed by atoms with Crippen molar-refractivity contribution in [2.24, 2.45) is 0 Å². The van der Waals surface area contributed by atoms with Crippen molar-refractivity contribution in [3.63, 3.8) is 0 Å². The van der Waals surface area contributed by atoms with E-state index in [0.717, 1.165) is 6.29 Å². The Morgan fingerprint density at radius 2 is 2.36 bits per heavy atom. The summed E-state index contributed by atoms with van der Waals surface area (Å²) in [6, 6.07) is 4.72. The summed E-state index contributed by atoms with van der Waals surface area (Å²) < 4.78 is 14.9. The minimum atomic E-state index is -0.352. The van der Waals surface area contributed by atoms with E-state index >= 15 is 0 Å². The third kappa shape index (κ3) is 1.19. The molecular formula is C10H9FN2O. The van der Waals surface area contributed by atoms with Crippen molar-refractivity contribution in [3.05, 3.63) is 29.8 Å². The second-order valence-electron chi connectivity index (χ2n) is 3.04. The molecule has 0 aliphatic carbocycles. The molecule has 72 valence electrons. The number of aromatic nitrogens is 2. The van der Waals surface area contributed by atoms with Gasteiger partial charge in [0, 0.05) is 0 Å². The van der Waals surface area contributed by atoms with Crippen molar-refractivity contribution >= 4 is 17.3 Å². The highest BCUT2D eigenvalue weighted by atomic mass is 19.1. The van der Waals surface area contributed by atoms with Gasteiger partial charge in [-0.25, -0.2) is 9.37 Å². The van der Waals surface area contributed by atoms with Crippen molar-refractivity contribution < 1.29 is 9.18 Å². The molecule has 0 unspecified atom stereocenters. The van der Waals surface area contributed by atoms with Gasteiger partial charge in [-0.2, -0.15) is 0 Å². The number of hydrogen-bond acceptors (Lipinski definition) is 2. The molecule has 1 aromatic heterocycles. The van der Waals surface area contributed by atoms with Crippen LogP contribution < -0.4 is 0 Å². The average molecular weight is 192 g/mol. The molecule has 0 aliphatic heterocycles. The van der Waals surface area contributed by atoms with Gasteiger partial charge in [0.25, 0.3) is 0 Å². The molecule has 0 spiro atoms. The van der Waals surface area contributed by atoms with Crippen molar-refractivity contribution in [3.8, 4) is 0 Å². The zero-order chi connectivity index (χ0) is 10.1. The molecule has 0 radical (unpaired) electrons. The Hall–Kier alpha value is -1.71. The molecule has 0 fully saturated rings. The van der Waals surface area contributed by atoms with Crippen LogP contribution in [0.3, 0.4) is 0 Å². The van der Waals surface area contributed by atoms with Gasteiger partial charge in [0.05, 0.1) is 12.1 Å². The molecule has 0 atom stereocenters. The number of hydrogen-bond donors (Lipinski definition) is 0. The SMILES string of the molecule is Cc1nc2c(F)cccc2n1CC=O. The Morgan fingerprint density at radius 3 is 3.07 bits per heavy atom. The van der Waals surface area contributed by atoms with Crippen LogP contribution in [0.15, 0.2) is 18.2 Å². The normalized spacial score (nSPS) is 10.7. The fraction of sp³-hybridized carbons (Fsp3) is 0.200. The summed E-state index contributed by atoms with van der Waals surface area (Å²) in [4.78, 5) is 14.5. The van der Waals surface area contributed by atoms with Crippen LogP contribution in [-0.4, -0.2) is 15.8 Å². The smallest absolute Gasteiger partial charge is 0.151 e. The molecule has 3 nitrogen and oxygen atoms in total. The third-order valence-electron chi connectivity index (χ3n) is 2.18. The highest BCUT2D eigenvalue weighted by Gasteiger charge is 2.09. The van der Waals surface area contributed by atoms with Gasteiger partial charge in [-0.05, 0) is 19.1 Å². The monoisotopic (exact) mass is 192 g/mol. The molecule has 1 aromatic carbocycles. The third-order valence-corrected chi connectivity index (χ3v) is 2.18. The summed E-state index contributed by atoms with van der Waals surface area (Å²) >= 11 is 0. The summed E-state index contributed by atoms with van der Waals surface area (Å²) in [6.07, 6.45) is 0.777. The van der Waals surface area contributed by atoms with Gasteiger partial charge in [-0.3, -0.25) is 0 Å². The number of aldehydes is 1. The number of halogens is 1. The molecule has 4 heteroatoms. The lowest BCUT2D eigenvalue weighted by atomic mass is 10.3. The van der Waals surface area contributed by atoms with Gasteiger partial charge < -0.3 is 9.36 Å². The van der Waals surface area contributed by atoms with E-state index in [9.17, 15) is 9.18 Å². The van der Waals surface area contributed by atoms with E-state index in [-0.39, 0.29) is 12.4 Å². The van der Waals surface area contributed by atoms with E-state index in [1.54, 1.807) is 23.6 Å². The maximum atomic E-state index is 13.3. The molecule has 0 amide bonds. The summed E-state index contributed by atoms with van der Waals surface area (Å²) in [5, 5.41) is 0. The van der Waals surface area contributed by atoms with Crippen LogP contribution in [0.5, 0.6) is 0 Å². The number of carbonyl (C=O) groups excluding carboxylic acids is 1. The Kier molecular flexibility index (Phi) is 2.04. The first kappa shape index (κ1) is 8.87. The van der Waals surface area contributed by atoms with Gasteiger partial charge in [0.2, 0.25) is 0 Å². The number of fused-ring (bicyclic) bond motifs is 1. The van der Waals surface area contributed by atoms with E-state index in [0.29, 0.717) is 16.9 Å². The summed E-state index contributed by atoms with van der Waals surface area (Å²) in [7, 11) is 0. The van der Waals surface area contributed by atoms with E-state index in [4.69, 9.17) is 0 Å². The molecule has 0 bridgehead atoms. The Balaban J connectivity index is 2.76. The molecule has 2 rings (SSSR count). The Bertz CT molecular complexity index is 490. The van der Waals surface area contributed by atoms with Crippen LogP contribution >= 0.6 is 0 Å². The van der Waals surface area contributed by atoms with Crippen molar-refractivity contribution in [1.29, 1.82) is 0 Å². The minimum absolute atomic E-state index is 0.214. The van der Waals surface area contributed by atoms with Gasteiger partial charge in [-0.1, -0.05) is 6.07 Å². The zero-order valence-electron chi connectivity index (χ0n) is 7.70. The molecule has 1 heterocycles. The average Bonchev–Trinajstić information content (AvgIpc) is 2.47. The summed E-state index contributed by atoms with van der Waals surface area (Å²) in [6.45, 7) is 1.97. The van der Waals surface area contributed by atoms with E-state index in [1.807, 2.05) is 0 Å². The number of carbonyl (C=O) groups is 1. The van der Waals surface area contributed by atoms with Gasteiger partial charge in [0.1, 0.15) is 17.6 Å². The van der Waals surface area contributed by atoms with Crippen LogP contribution in [0.4, 0.5) is 4.39 Å². The zero-order valence-corrected chi connectivity index (χ0v) is 7.70. The van der Waals surface area contributed by atoms with Crippen LogP contribution in [0.25, 0.3) is 11.0 Å². The van der Waals surface area contributed by atoms with Crippen molar-refractivity contribution in [2.45, 2.75) is 13.5 Å². The predicted molar refractivity (Wildman–Crippen MR) is 50.5 cm³/mol. The number of imidazole rings is 1. The topological polar surface area (TPSA) is 34.9 Å². The van der Waals surface area contributed by atoms with Crippen LogP contribution in [0.2, 0.25) is 0 Å². The van der Waals surface area contributed by atoms with E-state index in [2.05, 4.69) is 4.98 Å².